The Labute approximate surface area is 247 Å². The summed E-state index contributed by atoms with van der Waals surface area (Å²) in [5.74, 6) is 1.18. The number of rotatable bonds is 9. The van der Waals surface area contributed by atoms with Crippen LogP contribution in [0.2, 0.25) is 0 Å². The summed E-state index contributed by atoms with van der Waals surface area (Å²) < 4.78 is 15.0. The van der Waals surface area contributed by atoms with E-state index in [0.717, 1.165) is 63.1 Å². The van der Waals surface area contributed by atoms with Crippen molar-refractivity contribution in [3.05, 3.63) is 59.4 Å². The number of urea groups is 1. The fraction of sp³-hybridized carbons (Fsp3) is 0.548. The van der Waals surface area contributed by atoms with Crippen molar-refractivity contribution in [1.29, 1.82) is 0 Å². The van der Waals surface area contributed by atoms with E-state index >= 15 is 0 Å². The number of halogens is 1. The third kappa shape index (κ3) is 8.11. The Balaban J connectivity index is 1.23. The van der Waals surface area contributed by atoms with Gasteiger partial charge in [-0.15, -0.1) is 5.10 Å². The van der Waals surface area contributed by atoms with E-state index in [4.69, 9.17) is 0 Å². The highest BCUT2D eigenvalue weighted by atomic mass is 19.1. The lowest BCUT2D eigenvalue weighted by molar-refractivity contribution is 0.0581. The Morgan fingerprint density at radius 1 is 1.12 bits per heavy atom. The molecule has 5 rings (SSSR count). The number of benzene rings is 2. The van der Waals surface area contributed by atoms with Crippen LogP contribution >= 0.6 is 0 Å². The predicted molar refractivity (Wildman–Crippen MR) is 160 cm³/mol. The molecule has 3 heterocycles. The number of aryl methyl sites for hydroxylation is 2. The number of carbonyl (C=O) groups is 1. The van der Waals surface area contributed by atoms with Crippen LogP contribution in [0.3, 0.4) is 0 Å². The van der Waals surface area contributed by atoms with Crippen LogP contribution in [0.5, 0.6) is 0 Å². The zero-order valence-corrected chi connectivity index (χ0v) is 24.8. The quantitative estimate of drug-likeness (QED) is 0.357. The van der Waals surface area contributed by atoms with Crippen LogP contribution < -0.4 is 10.6 Å². The molecule has 10 nitrogen and oxygen atoms in total. The molecule has 2 aliphatic rings. The van der Waals surface area contributed by atoms with Gasteiger partial charge in [0.05, 0.1) is 6.10 Å². The number of aliphatic hydroxyl groups is 1. The predicted octanol–water partition coefficient (Wildman–Crippen LogP) is 3.47. The molecule has 2 saturated heterocycles. The zero-order chi connectivity index (χ0) is 29.6. The number of aromatic nitrogens is 4. The molecule has 0 bridgehead atoms. The Kier molecular flexibility index (Phi) is 9.81. The van der Waals surface area contributed by atoms with Crippen LogP contribution in [0, 0.1) is 24.6 Å². The summed E-state index contributed by atoms with van der Waals surface area (Å²) in [4.78, 5) is 18.1. The number of β-amino-alcohol motifs (C(OH)–C–C–N with tert-alkyl or cyclic N) is 1. The molecule has 0 aliphatic carbocycles. The van der Waals surface area contributed by atoms with Gasteiger partial charge in [-0.2, -0.15) is 0 Å². The molecule has 11 heteroatoms. The van der Waals surface area contributed by atoms with Crippen molar-refractivity contribution >= 4 is 11.7 Å². The molecule has 2 amide bonds. The van der Waals surface area contributed by atoms with Crippen molar-refractivity contribution in [2.24, 2.45) is 18.9 Å². The highest BCUT2D eigenvalue weighted by molar-refractivity contribution is 5.90. The van der Waals surface area contributed by atoms with E-state index < -0.39 is 6.10 Å². The number of anilines is 1. The molecule has 3 N–H and O–H groups in total. The average molecular weight is 579 g/mol. The van der Waals surface area contributed by atoms with Crippen LogP contribution in [0.25, 0.3) is 11.4 Å². The molecule has 226 valence electrons. The monoisotopic (exact) mass is 578 g/mol. The summed E-state index contributed by atoms with van der Waals surface area (Å²) in [6.45, 7) is 8.99. The molecule has 2 aliphatic heterocycles. The number of likely N-dealkylation sites (tertiary alicyclic amines) is 2. The number of carbonyl (C=O) groups excluding carboxylic acids is 1. The second kappa shape index (κ2) is 13.7. The molecular formula is C31H43FN8O2. The van der Waals surface area contributed by atoms with Gasteiger partial charge >= 0.3 is 6.03 Å². The van der Waals surface area contributed by atoms with E-state index in [1.807, 2.05) is 44.2 Å². The van der Waals surface area contributed by atoms with Crippen molar-refractivity contribution < 1.29 is 14.3 Å². The summed E-state index contributed by atoms with van der Waals surface area (Å²) >= 11 is 0. The largest absolute Gasteiger partial charge is 0.392 e. The lowest BCUT2D eigenvalue weighted by Crippen LogP contribution is -2.56. The maximum absolute atomic E-state index is 13.4. The second-order valence-electron chi connectivity index (χ2n) is 12.2. The molecular weight excluding hydrogens is 535 g/mol. The number of hydrogen-bond donors (Lipinski definition) is 3. The van der Waals surface area contributed by atoms with Crippen LogP contribution in [0.1, 0.15) is 37.3 Å². The third-order valence-electron chi connectivity index (χ3n) is 8.40. The van der Waals surface area contributed by atoms with Crippen LogP contribution in [0.15, 0.2) is 42.5 Å². The first-order valence-electron chi connectivity index (χ1n) is 15.0. The maximum atomic E-state index is 13.4. The van der Waals surface area contributed by atoms with Gasteiger partial charge < -0.3 is 25.5 Å². The number of hydrogen-bond acceptors (Lipinski definition) is 7. The van der Waals surface area contributed by atoms with Gasteiger partial charge in [0.25, 0.3) is 0 Å². The molecule has 2 unspecified atom stereocenters. The van der Waals surface area contributed by atoms with Crippen molar-refractivity contribution in [3.8, 4) is 11.4 Å². The van der Waals surface area contributed by atoms with E-state index in [2.05, 4.69) is 36.0 Å². The summed E-state index contributed by atoms with van der Waals surface area (Å²) in [6, 6.07) is 12.5. The van der Waals surface area contributed by atoms with Crippen molar-refractivity contribution in [1.82, 2.24) is 35.3 Å². The molecule has 3 aromatic rings. The van der Waals surface area contributed by atoms with Crippen LogP contribution in [-0.2, 0) is 13.5 Å². The van der Waals surface area contributed by atoms with E-state index in [-0.39, 0.29) is 23.8 Å². The molecule has 2 fully saturated rings. The normalized spacial score (nSPS) is 22.5. The first-order chi connectivity index (χ1) is 20.2. The van der Waals surface area contributed by atoms with Crippen molar-refractivity contribution in [2.45, 2.75) is 51.7 Å². The summed E-state index contributed by atoms with van der Waals surface area (Å²) in [6.07, 6.45) is 3.67. The Morgan fingerprint density at radius 3 is 2.67 bits per heavy atom. The minimum atomic E-state index is -0.395. The van der Waals surface area contributed by atoms with Gasteiger partial charge in [-0.05, 0) is 104 Å². The number of nitrogens with zero attached hydrogens (tertiary/aromatic N) is 6. The van der Waals surface area contributed by atoms with Crippen molar-refractivity contribution in [2.75, 3.05) is 44.6 Å². The number of amides is 2. The fourth-order valence-corrected chi connectivity index (χ4v) is 6.59. The Bertz CT molecular complexity index is 1330. The van der Waals surface area contributed by atoms with Gasteiger partial charge in [0.1, 0.15) is 5.82 Å². The average Bonchev–Trinajstić information content (AvgIpc) is 3.37. The molecule has 0 saturated carbocycles. The molecule has 0 radical (unpaired) electrons. The highest BCUT2D eigenvalue weighted by Crippen LogP contribution is 2.26. The smallest absolute Gasteiger partial charge is 0.319 e. The first kappa shape index (κ1) is 30.1. The summed E-state index contributed by atoms with van der Waals surface area (Å²) in [7, 11) is 1.79. The lowest BCUT2D eigenvalue weighted by Gasteiger charge is -2.43. The van der Waals surface area contributed by atoms with Crippen LogP contribution in [-0.4, -0.2) is 92.6 Å². The number of tetrazole rings is 1. The van der Waals surface area contributed by atoms with Crippen molar-refractivity contribution in [3.63, 3.8) is 0 Å². The van der Waals surface area contributed by atoms with Gasteiger partial charge in [0, 0.05) is 63.0 Å². The van der Waals surface area contributed by atoms with Gasteiger partial charge in [0.2, 0.25) is 0 Å². The number of piperidine rings is 2. The van der Waals surface area contributed by atoms with Gasteiger partial charge in [-0.1, -0.05) is 12.1 Å². The molecule has 42 heavy (non-hydrogen) atoms. The Morgan fingerprint density at radius 2 is 1.93 bits per heavy atom. The van der Waals surface area contributed by atoms with E-state index in [1.165, 1.54) is 12.0 Å². The maximum Gasteiger partial charge on any atom is 0.319 e. The topological polar surface area (TPSA) is 111 Å². The minimum absolute atomic E-state index is 0.0138. The van der Waals surface area contributed by atoms with E-state index in [0.29, 0.717) is 24.0 Å². The minimum Gasteiger partial charge on any atom is -0.392 e. The number of nitrogens with one attached hydrogen (secondary N) is 2. The third-order valence-corrected chi connectivity index (χ3v) is 8.40. The standard InChI is InChI=1S/C31H43FN8O2/c1-21-13-25(30-35-36-37-38(30)3)16-28(14-21)33-31(42)34-29-10-12-40(17-22(2)41)20-26(29)19-39-11-4-5-24(18-39)15-23-6-8-27(32)9-7-23/h6-9,13-14,16,22,24,26,29,41H,4-5,10-12,15,17-20H2,1-3H3,(H2,33,34,42)/t22?,24?,26-,29+/m0/s1. The van der Waals surface area contributed by atoms with Gasteiger partial charge in [0.15, 0.2) is 5.82 Å². The zero-order valence-electron chi connectivity index (χ0n) is 24.8. The second-order valence-corrected chi connectivity index (χ2v) is 12.2. The highest BCUT2D eigenvalue weighted by Gasteiger charge is 2.33. The van der Waals surface area contributed by atoms with Crippen LogP contribution in [0.4, 0.5) is 14.9 Å². The molecule has 0 spiro atoms. The van der Waals surface area contributed by atoms with Gasteiger partial charge in [-0.25, -0.2) is 13.9 Å². The summed E-state index contributed by atoms with van der Waals surface area (Å²) in [5.41, 5.74) is 3.70. The SMILES string of the molecule is Cc1cc(NC(=O)N[C@@H]2CCN(CC(C)O)C[C@@H]2CN2CCCC(Cc3ccc(F)cc3)C2)cc(-c2nnnn2C)c1. The molecule has 4 atom stereocenters. The van der Waals surface area contributed by atoms with Gasteiger partial charge in [-0.3, -0.25) is 0 Å². The Hall–Kier alpha value is -3.41. The van der Waals surface area contributed by atoms with E-state index in [1.54, 1.807) is 23.9 Å². The number of aliphatic hydroxyl groups excluding tert-OH is 1. The fourth-order valence-electron chi connectivity index (χ4n) is 6.59. The lowest BCUT2D eigenvalue weighted by atomic mass is 9.88. The summed E-state index contributed by atoms with van der Waals surface area (Å²) in [5, 5.41) is 28.1. The molecule has 1 aromatic heterocycles. The molecule has 2 aromatic carbocycles. The first-order valence-corrected chi connectivity index (χ1v) is 15.0. The van der Waals surface area contributed by atoms with E-state index in [9.17, 15) is 14.3 Å².